The van der Waals surface area contributed by atoms with Crippen molar-refractivity contribution in [3.05, 3.63) is 38.4 Å². The predicted molar refractivity (Wildman–Crippen MR) is 78.4 cm³/mol. The number of carbonyl (C=O) groups is 1. The Kier molecular flexibility index (Phi) is 3.63. The highest BCUT2D eigenvalue weighted by Crippen LogP contribution is 2.21. The van der Waals surface area contributed by atoms with Crippen molar-refractivity contribution < 1.29 is 4.79 Å². The van der Waals surface area contributed by atoms with Gasteiger partial charge in [0.05, 0.1) is 0 Å². The van der Waals surface area contributed by atoms with Crippen LogP contribution in [0.15, 0.2) is 23.6 Å². The van der Waals surface area contributed by atoms with E-state index in [2.05, 4.69) is 32.9 Å². The van der Waals surface area contributed by atoms with E-state index in [0.717, 1.165) is 14.8 Å². The summed E-state index contributed by atoms with van der Waals surface area (Å²) in [5.41, 5.74) is 7.69. The lowest BCUT2D eigenvalue weighted by molar-refractivity contribution is 0.102. The molecule has 2 aromatic rings. The summed E-state index contributed by atoms with van der Waals surface area (Å²) in [7, 11) is 0. The molecule has 1 aromatic carbocycles. The van der Waals surface area contributed by atoms with Crippen molar-refractivity contribution in [3.8, 4) is 0 Å². The van der Waals surface area contributed by atoms with Gasteiger partial charge in [0.2, 0.25) is 0 Å². The molecule has 1 aromatic heterocycles. The number of nitrogens with one attached hydrogen (secondary N) is 1. The molecule has 17 heavy (non-hydrogen) atoms. The highest BCUT2D eigenvalue weighted by molar-refractivity contribution is 14.1. The van der Waals surface area contributed by atoms with Crippen molar-refractivity contribution >= 4 is 50.7 Å². The number of nitrogen functional groups attached to an aromatic ring is 1. The van der Waals surface area contributed by atoms with Gasteiger partial charge in [0.15, 0.2) is 5.13 Å². The topological polar surface area (TPSA) is 68.0 Å². The third-order valence-corrected chi connectivity index (χ3v) is 4.11. The van der Waals surface area contributed by atoms with Crippen LogP contribution in [0, 0.1) is 10.5 Å². The molecule has 0 spiro atoms. The second kappa shape index (κ2) is 5.01. The Morgan fingerprint density at radius 3 is 2.94 bits per heavy atom. The minimum absolute atomic E-state index is 0.233. The summed E-state index contributed by atoms with van der Waals surface area (Å²) in [4.78, 5) is 15.8. The smallest absolute Gasteiger partial charge is 0.275 e. The Bertz CT molecular complexity index is 568. The number of amides is 1. The zero-order chi connectivity index (χ0) is 12.4. The van der Waals surface area contributed by atoms with Crippen LogP contribution in [-0.2, 0) is 0 Å². The minimum Gasteiger partial charge on any atom is -0.375 e. The first-order chi connectivity index (χ1) is 8.08. The van der Waals surface area contributed by atoms with E-state index in [9.17, 15) is 4.79 Å². The number of benzene rings is 1. The molecule has 6 heteroatoms. The molecule has 0 unspecified atom stereocenters. The Hall–Kier alpha value is -1.15. The van der Waals surface area contributed by atoms with Crippen LogP contribution < -0.4 is 11.1 Å². The van der Waals surface area contributed by atoms with Crippen molar-refractivity contribution in [2.45, 2.75) is 6.92 Å². The molecule has 0 atom stereocenters. The van der Waals surface area contributed by atoms with Crippen molar-refractivity contribution in [3.63, 3.8) is 0 Å². The second-order valence-corrected chi connectivity index (χ2v) is 5.49. The number of hydrogen-bond donors (Lipinski definition) is 2. The molecule has 0 saturated carbocycles. The molecule has 4 nitrogen and oxygen atoms in total. The number of hydrogen-bond acceptors (Lipinski definition) is 4. The third-order valence-electron chi connectivity index (χ3n) is 2.27. The van der Waals surface area contributed by atoms with Crippen LogP contribution in [0.4, 0.5) is 10.8 Å². The van der Waals surface area contributed by atoms with Gasteiger partial charge in [0.1, 0.15) is 5.69 Å². The summed E-state index contributed by atoms with van der Waals surface area (Å²) in [5, 5.41) is 4.87. The molecule has 88 valence electrons. The van der Waals surface area contributed by atoms with Crippen LogP contribution in [0.25, 0.3) is 0 Å². The number of halogens is 1. The van der Waals surface area contributed by atoms with E-state index in [1.165, 1.54) is 11.3 Å². The number of nitrogens with zero attached hydrogens (tertiary/aromatic N) is 1. The van der Waals surface area contributed by atoms with E-state index in [1.807, 2.05) is 25.1 Å². The van der Waals surface area contributed by atoms with Crippen LogP contribution in [0.3, 0.4) is 0 Å². The van der Waals surface area contributed by atoms with Gasteiger partial charge in [-0.25, -0.2) is 4.98 Å². The van der Waals surface area contributed by atoms with Crippen molar-refractivity contribution in [2.24, 2.45) is 0 Å². The number of rotatable bonds is 2. The standard InChI is InChI=1S/C11H10IN3OS/c1-6-7(12)3-2-4-8(6)14-10(16)9-5-17-11(13)15-9/h2-5H,1H3,(H2,13,15)(H,14,16). The molecule has 0 aliphatic heterocycles. The summed E-state index contributed by atoms with van der Waals surface area (Å²) in [6, 6.07) is 5.76. The molecule has 1 heterocycles. The normalized spacial score (nSPS) is 10.2. The monoisotopic (exact) mass is 359 g/mol. The molecule has 0 fully saturated rings. The first-order valence-corrected chi connectivity index (χ1v) is 6.81. The van der Waals surface area contributed by atoms with Gasteiger partial charge in [-0.3, -0.25) is 4.79 Å². The van der Waals surface area contributed by atoms with E-state index in [-0.39, 0.29) is 5.91 Å². The number of anilines is 2. The third kappa shape index (κ3) is 2.75. The summed E-state index contributed by atoms with van der Waals surface area (Å²) in [6.07, 6.45) is 0. The Balaban J connectivity index is 2.21. The molecule has 0 bridgehead atoms. The Labute approximate surface area is 116 Å². The molecule has 0 aliphatic carbocycles. The fraction of sp³-hybridized carbons (Fsp3) is 0.0909. The molecule has 0 saturated heterocycles. The largest absolute Gasteiger partial charge is 0.375 e. The molecule has 3 N–H and O–H groups in total. The van der Waals surface area contributed by atoms with Gasteiger partial charge in [-0.1, -0.05) is 6.07 Å². The fourth-order valence-corrected chi connectivity index (χ4v) is 2.36. The van der Waals surface area contributed by atoms with E-state index >= 15 is 0 Å². The first kappa shape index (κ1) is 12.3. The van der Waals surface area contributed by atoms with Gasteiger partial charge in [-0.15, -0.1) is 11.3 Å². The molecule has 0 aliphatic rings. The second-order valence-electron chi connectivity index (χ2n) is 3.44. The summed E-state index contributed by atoms with van der Waals surface area (Å²) >= 11 is 3.49. The molecule has 0 radical (unpaired) electrons. The maximum Gasteiger partial charge on any atom is 0.275 e. The van der Waals surface area contributed by atoms with E-state index in [0.29, 0.717) is 10.8 Å². The van der Waals surface area contributed by atoms with Gasteiger partial charge in [0.25, 0.3) is 5.91 Å². The van der Waals surface area contributed by atoms with Gasteiger partial charge in [0, 0.05) is 14.6 Å². The van der Waals surface area contributed by atoms with Crippen LogP contribution in [0.1, 0.15) is 16.1 Å². The van der Waals surface area contributed by atoms with Crippen molar-refractivity contribution in [1.82, 2.24) is 4.98 Å². The Morgan fingerprint density at radius 2 is 2.29 bits per heavy atom. The fourth-order valence-electron chi connectivity index (χ4n) is 1.32. The van der Waals surface area contributed by atoms with Crippen LogP contribution >= 0.6 is 33.9 Å². The van der Waals surface area contributed by atoms with Crippen LogP contribution in [0.2, 0.25) is 0 Å². The van der Waals surface area contributed by atoms with E-state index < -0.39 is 0 Å². The summed E-state index contributed by atoms with van der Waals surface area (Å²) in [5.74, 6) is -0.233. The average molecular weight is 359 g/mol. The lowest BCUT2D eigenvalue weighted by Crippen LogP contribution is -2.13. The highest BCUT2D eigenvalue weighted by atomic mass is 127. The maximum atomic E-state index is 11.9. The van der Waals surface area contributed by atoms with Crippen molar-refractivity contribution in [1.29, 1.82) is 0 Å². The van der Waals surface area contributed by atoms with Gasteiger partial charge in [-0.2, -0.15) is 0 Å². The average Bonchev–Trinajstić information content (AvgIpc) is 2.72. The van der Waals surface area contributed by atoms with Crippen LogP contribution in [-0.4, -0.2) is 10.9 Å². The number of thiazole rings is 1. The summed E-state index contributed by atoms with van der Waals surface area (Å²) in [6.45, 7) is 1.97. The predicted octanol–water partition coefficient (Wildman–Crippen LogP) is 2.89. The van der Waals surface area contributed by atoms with Gasteiger partial charge >= 0.3 is 0 Å². The van der Waals surface area contributed by atoms with E-state index in [1.54, 1.807) is 5.38 Å². The zero-order valence-corrected chi connectivity index (χ0v) is 12.0. The molecule has 2 rings (SSSR count). The lowest BCUT2D eigenvalue weighted by atomic mass is 10.2. The number of carbonyl (C=O) groups excluding carboxylic acids is 1. The molecule has 1 amide bonds. The highest BCUT2D eigenvalue weighted by Gasteiger charge is 2.11. The maximum absolute atomic E-state index is 11.9. The first-order valence-electron chi connectivity index (χ1n) is 4.85. The lowest BCUT2D eigenvalue weighted by Gasteiger charge is -2.08. The molecular formula is C11H10IN3OS. The van der Waals surface area contributed by atoms with Gasteiger partial charge in [-0.05, 0) is 47.2 Å². The SMILES string of the molecule is Cc1c(I)cccc1NC(=O)c1csc(N)n1. The number of aromatic nitrogens is 1. The van der Waals surface area contributed by atoms with Gasteiger partial charge < -0.3 is 11.1 Å². The minimum atomic E-state index is -0.233. The van der Waals surface area contributed by atoms with E-state index in [4.69, 9.17) is 5.73 Å². The van der Waals surface area contributed by atoms with Crippen molar-refractivity contribution in [2.75, 3.05) is 11.1 Å². The quantitative estimate of drug-likeness (QED) is 0.811. The zero-order valence-electron chi connectivity index (χ0n) is 9.03. The Morgan fingerprint density at radius 1 is 1.53 bits per heavy atom. The number of nitrogens with two attached hydrogens (primary N) is 1. The molecular weight excluding hydrogens is 349 g/mol. The van der Waals surface area contributed by atoms with Crippen LogP contribution in [0.5, 0.6) is 0 Å². The summed E-state index contributed by atoms with van der Waals surface area (Å²) < 4.78 is 1.11.